The minimum Gasteiger partial charge on any atom is -0.461 e. The second-order valence-electron chi connectivity index (χ2n) is 3.13. The first-order valence-electron chi connectivity index (χ1n) is 4.66. The smallest absolute Gasteiger partial charge is 0.355 e. The molecule has 1 aromatic heterocycles. The van der Waals surface area contributed by atoms with Gasteiger partial charge in [0.2, 0.25) is 0 Å². The maximum Gasteiger partial charge on any atom is 0.355 e. The van der Waals surface area contributed by atoms with Crippen LogP contribution in [0.5, 0.6) is 0 Å². The average molecular weight is 231 g/mol. The molecular weight excluding hydrogens is 220 g/mol. The molecule has 1 heterocycles. The van der Waals surface area contributed by atoms with Gasteiger partial charge in [0.1, 0.15) is 5.69 Å². The van der Waals surface area contributed by atoms with E-state index in [2.05, 4.69) is 9.72 Å². The maximum atomic E-state index is 12.4. The van der Waals surface area contributed by atoms with Crippen molar-refractivity contribution < 1.29 is 18.3 Å². The minimum atomic E-state index is -2.86. The third kappa shape index (κ3) is 2.44. The molecule has 6 heteroatoms. The monoisotopic (exact) mass is 231 g/mol. The summed E-state index contributed by atoms with van der Waals surface area (Å²) in [5.74, 6) is -0.724. The normalized spacial score (nSPS) is 10.6. The molecule has 0 fully saturated rings. The first-order chi connectivity index (χ1) is 7.47. The van der Waals surface area contributed by atoms with Gasteiger partial charge in [-0.2, -0.15) is 0 Å². The topological polar surface area (TPSA) is 59.2 Å². The molecule has 0 bridgehead atoms. The molecule has 0 amide bonds. The van der Waals surface area contributed by atoms with Crippen molar-refractivity contribution in [3.05, 3.63) is 33.2 Å². The summed E-state index contributed by atoms with van der Waals surface area (Å²) in [7, 11) is 0. The molecule has 1 rings (SSSR count). The van der Waals surface area contributed by atoms with Gasteiger partial charge in [0.15, 0.2) is 0 Å². The summed E-state index contributed by atoms with van der Waals surface area (Å²) in [4.78, 5) is 24.6. The highest BCUT2D eigenvalue weighted by Crippen LogP contribution is 2.16. The van der Waals surface area contributed by atoms with E-state index in [1.54, 1.807) is 6.92 Å². The molecule has 0 radical (unpaired) electrons. The molecule has 16 heavy (non-hydrogen) atoms. The third-order valence-electron chi connectivity index (χ3n) is 1.98. The lowest BCUT2D eigenvalue weighted by molar-refractivity contribution is 0.0517. The van der Waals surface area contributed by atoms with Gasteiger partial charge in [-0.05, 0) is 25.5 Å². The van der Waals surface area contributed by atoms with Crippen molar-refractivity contribution in [2.75, 3.05) is 6.61 Å². The van der Waals surface area contributed by atoms with E-state index in [1.165, 1.54) is 6.92 Å². The Morgan fingerprint density at radius 3 is 2.69 bits per heavy atom. The van der Waals surface area contributed by atoms with Gasteiger partial charge in [-0.1, -0.05) is 0 Å². The SMILES string of the molecule is CCOC(=O)c1[nH]c(=O)c(C(F)F)cc1C. The Kier molecular flexibility index (Phi) is 3.76. The van der Waals surface area contributed by atoms with Crippen LogP contribution >= 0.6 is 0 Å². The van der Waals surface area contributed by atoms with Crippen LogP contribution in [-0.4, -0.2) is 17.6 Å². The summed E-state index contributed by atoms with van der Waals surface area (Å²) >= 11 is 0. The lowest BCUT2D eigenvalue weighted by atomic mass is 10.1. The number of aryl methyl sites for hydroxylation is 1. The van der Waals surface area contributed by atoms with Crippen molar-refractivity contribution in [3.63, 3.8) is 0 Å². The lowest BCUT2D eigenvalue weighted by Gasteiger charge is -2.06. The lowest BCUT2D eigenvalue weighted by Crippen LogP contribution is -2.20. The van der Waals surface area contributed by atoms with Crippen LogP contribution < -0.4 is 5.56 Å². The summed E-state index contributed by atoms with van der Waals surface area (Å²) in [6, 6.07) is 0.996. The minimum absolute atomic E-state index is 0.0868. The van der Waals surface area contributed by atoms with E-state index < -0.39 is 23.5 Å². The van der Waals surface area contributed by atoms with Crippen LogP contribution in [-0.2, 0) is 4.74 Å². The highest BCUT2D eigenvalue weighted by molar-refractivity contribution is 5.88. The molecule has 4 nitrogen and oxygen atoms in total. The number of carbonyl (C=O) groups is 1. The van der Waals surface area contributed by atoms with E-state index in [4.69, 9.17) is 0 Å². The number of hydrogen-bond acceptors (Lipinski definition) is 3. The Hall–Kier alpha value is -1.72. The van der Waals surface area contributed by atoms with Gasteiger partial charge in [0, 0.05) is 0 Å². The van der Waals surface area contributed by atoms with Crippen LogP contribution in [0.25, 0.3) is 0 Å². The number of pyridine rings is 1. The number of carbonyl (C=O) groups excluding carboxylic acids is 1. The Labute approximate surface area is 90.2 Å². The van der Waals surface area contributed by atoms with Crippen LogP contribution in [0.4, 0.5) is 8.78 Å². The van der Waals surface area contributed by atoms with E-state index in [0.29, 0.717) is 0 Å². The predicted octanol–water partition coefficient (Wildman–Crippen LogP) is 1.80. The number of nitrogens with one attached hydrogen (secondary N) is 1. The van der Waals surface area contributed by atoms with Gasteiger partial charge in [-0.3, -0.25) is 4.79 Å². The van der Waals surface area contributed by atoms with E-state index in [9.17, 15) is 18.4 Å². The summed E-state index contributed by atoms with van der Waals surface area (Å²) in [5, 5.41) is 0. The summed E-state index contributed by atoms with van der Waals surface area (Å²) in [6.45, 7) is 3.21. The number of halogens is 2. The van der Waals surface area contributed by atoms with Gasteiger partial charge in [0.05, 0.1) is 12.2 Å². The molecule has 0 spiro atoms. The fraction of sp³-hybridized carbons (Fsp3) is 0.400. The molecular formula is C10H11F2NO3. The number of rotatable bonds is 3. The van der Waals surface area contributed by atoms with Crippen molar-refractivity contribution in [2.24, 2.45) is 0 Å². The Bertz CT molecular complexity index is 454. The van der Waals surface area contributed by atoms with Crippen LogP contribution in [0, 0.1) is 6.92 Å². The summed E-state index contributed by atoms with van der Waals surface area (Å²) in [5.41, 5.74) is -1.45. The van der Waals surface area contributed by atoms with E-state index in [-0.39, 0.29) is 17.9 Å². The first kappa shape index (κ1) is 12.4. The standard InChI is InChI=1S/C10H11F2NO3/c1-3-16-10(15)7-5(2)4-6(8(11)12)9(14)13-7/h4,8H,3H2,1-2H3,(H,13,14). The van der Waals surface area contributed by atoms with Crippen molar-refractivity contribution in [2.45, 2.75) is 20.3 Å². The van der Waals surface area contributed by atoms with Gasteiger partial charge in [-0.25, -0.2) is 13.6 Å². The average Bonchev–Trinajstić information content (AvgIpc) is 2.20. The molecule has 88 valence electrons. The zero-order valence-corrected chi connectivity index (χ0v) is 8.84. The van der Waals surface area contributed by atoms with Crippen LogP contribution in [0.1, 0.15) is 35.0 Å². The number of aromatic nitrogens is 1. The zero-order chi connectivity index (χ0) is 12.3. The molecule has 0 aliphatic heterocycles. The predicted molar refractivity (Wildman–Crippen MR) is 52.7 cm³/mol. The number of aromatic amines is 1. The summed E-state index contributed by atoms with van der Waals surface area (Å²) < 4.78 is 29.4. The number of esters is 1. The first-order valence-corrected chi connectivity index (χ1v) is 4.66. The van der Waals surface area contributed by atoms with Crippen molar-refractivity contribution in [3.8, 4) is 0 Å². The van der Waals surface area contributed by atoms with Crippen LogP contribution in [0.2, 0.25) is 0 Å². The van der Waals surface area contributed by atoms with E-state index >= 15 is 0 Å². The van der Waals surface area contributed by atoms with Crippen molar-refractivity contribution in [1.29, 1.82) is 0 Å². The number of hydrogen-bond donors (Lipinski definition) is 1. The molecule has 0 aliphatic carbocycles. The quantitative estimate of drug-likeness (QED) is 0.807. The Balaban J connectivity index is 3.21. The largest absolute Gasteiger partial charge is 0.461 e. The van der Waals surface area contributed by atoms with Crippen LogP contribution in [0.15, 0.2) is 10.9 Å². The Morgan fingerprint density at radius 1 is 1.56 bits per heavy atom. The van der Waals surface area contributed by atoms with E-state index in [1.807, 2.05) is 0 Å². The molecule has 1 aromatic rings. The molecule has 0 saturated carbocycles. The maximum absolute atomic E-state index is 12.4. The fourth-order valence-electron chi connectivity index (χ4n) is 1.23. The van der Waals surface area contributed by atoms with Gasteiger partial charge < -0.3 is 9.72 Å². The second kappa shape index (κ2) is 4.87. The van der Waals surface area contributed by atoms with E-state index in [0.717, 1.165) is 6.07 Å². The van der Waals surface area contributed by atoms with Crippen LogP contribution in [0.3, 0.4) is 0 Å². The second-order valence-corrected chi connectivity index (χ2v) is 3.13. The number of H-pyrrole nitrogens is 1. The zero-order valence-electron chi connectivity index (χ0n) is 8.84. The number of alkyl halides is 2. The molecule has 0 unspecified atom stereocenters. The van der Waals surface area contributed by atoms with Gasteiger partial charge in [0.25, 0.3) is 12.0 Å². The van der Waals surface area contributed by atoms with Crippen molar-refractivity contribution in [1.82, 2.24) is 4.98 Å². The molecule has 0 aromatic carbocycles. The molecule has 0 saturated heterocycles. The fourth-order valence-corrected chi connectivity index (χ4v) is 1.23. The molecule has 1 N–H and O–H groups in total. The molecule has 0 aliphatic rings. The highest BCUT2D eigenvalue weighted by atomic mass is 19.3. The summed E-state index contributed by atoms with van der Waals surface area (Å²) in [6.07, 6.45) is -2.86. The number of ether oxygens (including phenoxy) is 1. The molecule has 0 atom stereocenters. The third-order valence-corrected chi connectivity index (χ3v) is 1.98. The van der Waals surface area contributed by atoms with Crippen molar-refractivity contribution >= 4 is 5.97 Å². The highest BCUT2D eigenvalue weighted by Gasteiger charge is 2.18. The van der Waals surface area contributed by atoms with Gasteiger partial charge in [-0.15, -0.1) is 0 Å². The Morgan fingerprint density at radius 2 is 2.19 bits per heavy atom. The van der Waals surface area contributed by atoms with Gasteiger partial charge >= 0.3 is 5.97 Å².